The molecule has 29 heavy (non-hydrogen) atoms. The number of rotatable bonds is 6. The van der Waals surface area contributed by atoms with Gasteiger partial charge < -0.3 is 15.1 Å². The summed E-state index contributed by atoms with van der Waals surface area (Å²) in [5, 5.41) is 2.77. The first-order valence-electron chi connectivity index (χ1n) is 10.0. The van der Waals surface area contributed by atoms with Gasteiger partial charge in [-0.15, -0.1) is 0 Å². The summed E-state index contributed by atoms with van der Waals surface area (Å²) in [5.74, 6) is -0.681. The van der Waals surface area contributed by atoms with Crippen LogP contribution in [0.5, 0.6) is 0 Å². The van der Waals surface area contributed by atoms with Gasteiger partial charge in [-0.05, 0) is 55.2 Å². The zero-order valence-corrected chi connectivity index (χ0v) is 17.1. The van der Waals surface area contributed by atoms with E-state index in [9.17, 15) is 14.0 Å². The van der Waals surface area contributed by atoms with Crippen LogP contribution in [0.4, 0.5) is 10.1 Å². The topological polar surface area (TPSA) is 52.7 Å². The van der Waals surface area contributed by atoms with Crippen molar-refractivity contribution in [2.75, 3.05) is 37.6 Å². The Hall–Kier alpha value is -2.89. The molecule has 154 valence electrons. The first kappa shape index (κ1) is 20.8. The molecule has 0 bridgehead atoms. The summed E-state index contributed by atoms with van der Waals surface area (Å²) in [7, 11) is 0. The van der Waals surface area contributed by atoms with E-state index >= 15 is 0 Å². The summed E-state index contributed by atoms with van der Waals surface area (Å²) in [5.41, 5.74) is 4.70. The van der Waals surface area contributed by atoms with Crippen molar-refractivity contribution in [3.8, 4) is 0 Å². The minimum Gasteiger partial charge on any atom is -0.368 e. The van der Waals surface area contributed by atoms with Crippen LogP contribution in [0, 0.1) is 19.7 Å². The largest absolute Gasteiger partial charge is 0.368 e. The maximum absolute atomic E-state index is 12.9. The number of nitrogens with zero attached hydrogens (tertiary/aromatic N) is 2. The SMILES string of the molecule is Cc1cccc(N2CCN(C(=O)CC(=O)NCCc3ccc(F)cc3)CC2)c1C. The molecular weight excluding hydrogens is 369 g/mol. The van der Waals surface area contributed by atoms with E-state index in [1.807, 2.05) is 0 Å². The number of hydrogen-bond donors (Lipinski definition) is 1. The van der Waals surface area contributed by atoms with Gasteiger partial charge in [0.1, 0.15) is 12.2 Å². The molecule has 2 amide bonds. The molecule has 0 spiro atoms. The number of carbonyl (C=O) groups is 2. The van der Waals surface area contributed by atoms with Crippen LogP contribution in [-0.2, 0) is 16.0 Å². The molecule has 0 atom stereocenters. The second-order valence-electron chi connectivity index (χ2n) is 7.49. The highest BCUT2D eigenvalue weighted by molar-refractivity contribution is 5.97. The van der Waals surface area contributed by atoms with E-state index in [0.717, 1.165) is 18.7 Å². The van der Waals surface area contributed by atoms with Crippen molar-refractivity contribution in [2.45, 2.75) is 26.7 Å². The molecule has 0 aliphatic carbocycles. The average molecular weight is 397 g/mol. The lowest BCUT2D eigenvalue weighted by Gasteiger charge is -2.37. The first-order valence-corrected chi connectivity index (χ1v) is 10.0. The molecule has 1 aliphatic rings. The highest BCUT2D eigenvalue weighted by Gasteiger charge is 2.23. The molecule has 5 nitrogen and oxygen atoms in total. The van der Waals surface area contributed by atoms with Crippen LogP contribution >= 0.6 is 0 Å². The second kappa shape index (κ2) is 9.54. The first-order chi connectivity index (χ1) is 13.9. The van der Waals surface area contributed by atoms with Crippen LogP contribution in [0.3, 0.4) is 0 Å². The third-order valence-electron chi connectivity index (χ3n) is 5.51. The number of amides is 2. The normalized spacial score (nSPS) is 14.0. The summed E-state index contributed by atoms with van der Waals surface area (Å²) in [6.45, 7) is 7.43. The van der Waals surface area contributed by atoms with Gasteiger partial charge in [-0.2, -0.15) is 0 Å². The Kier molecular flexibility index (Phi) is 6.86. The second-order valence-corrected chi connectivity index (χ2v) is 7.49. The monoisotopic (exact) mass is 397 g/mol. The average Bonchev–Trinajstić information content (AvgIpc) is 2.71. The lowest BCUT2D eigenvalue weighted by Crippen LogP contribution is -2.49. The lowest BCUT2D eigenvalue weighted by atomic mass is 10.1. The van der Waals surface area contributed by atoms with Crippen molar-refractivity contribution in [1.82, 2.24) is 10.2 Å². The van der Waals surface area contributed by atoms with Gasteiger partial charge in [0.15, 0.2) is 0 Å². The smallest absolute Gasteiger partial charge is 0.232 e. The van der Waals surface area contributed by atoms with E-state index in [-0.39, 0.29) is 24.1 Å². The quantitative estimate of drug-likeness (QED) is 0.763. The van der Waals surface area contributed by atoms with Crippen LogP contribution in [0.25, 0.3) is 0 Å². The summed E-state index contributed by atoms with van der Waals surface area (Å²) < 4.78 is 12.9. The van der Waals surface area contributed by atoms with Gasteiger partial charge >= 0.3 is 0 Å². The van der Waals surface area contributed by atoms with Crippen LogP contribution < -0.4 is 10.2 Å². The van der Waals surface area contributed by atoms with Crippen molar-refractivity contribution in [3.63, 3.8) is 0 Å². The molecule has 1 aliphatic heterocycles. The summed E-state index contributed by atoms with van der Waals surface area (Å²) in [6, 6.07) is 12.5. The van der Waals surface area contributed by atoms with Gasteiger partial charge in [0.25, 0.3) is 0 Å². The minimum atomic E-state index is -0.277. The summed E-state index contributed by atoms with van der Waals surface area (Å²) >= 11 is 0. The van der Waals surface area contributed by atoms with E-state index < -0.39 is 0 Å². The van der Waals surface area contributed by atoms with E-state index in [1.54, 1.807) is 17.0 Å². The van der Waals surface area contributed by atoms with Crippen LogP contribution in [0.2, 0.25) is 0 Å². The molecule has 2 aromatic rings. The summed E-state index contributed by atoms with van der Waals surface area (Å²) in [4.78, 5) is 28.6. The van der Waals surface area contributed by atoms with Crippen molar-refractivity contribution in [2.24, 2.45) is 0 Å². The van der Waals surface area contributed by atoms with Crippen molar-refractivity contribution < 1.29 is 14.0 Å². The molecule has 1 heterocycles. The molecule has 3 rings (SSSR count). The third-order valence-corrected chi connectivity index (χ3v) is 5.51. The number of benzene rings is 2. The number of anilines is 1. The number of carbonyl (C=O) groups excluding carboxylic acids is 2. The number of halogens is 1. The van der Waals surface area contributed by atoms with E-state index in [2.05, 4.69) is 42.3 Å². The standard InChI is InChI=1S/C23H28FN3O2/c1-17-4-3-5-21(18(17)2)26-12-14-27(15-13-26)23(29)16-22(28)25-11-10-19-6-8-20(24)9-7-19/h3-9H,10-16H2,1-2H3,(H,25,28). The zero-order chi connectivity index (χ0) is 20.8. The fourth-order valence-electron chi connectivity index (χ4n) is 3.58. The molecule has 1 saturated heterocycles. The van der Waals surface area contributed by atoms with Crippen LogP contribution in [0.1, 0.15) is 23.1 Å². The molecular formula is C23H28FN3O2. The fourth-order valence-corrected chi connectivity index (χ4v) is 3.58. The third kappa shape index (κ3) is 5.56. The van der Waals surface area contributed by atoms with Crippen molar-refractivity contribution in [3.05, 3.63) is 65.0 Å². The van der Waals surface area contributed by atoms with Gasteiger partial charge in [0, 0.05) is 38.4 Å². The Labute approximate surface area is 171 Å². The van der Waals surface area contributed by atoms with Gasteiger partial charge in [-0.3, -0.25) is 9.59 Å². The predicted octanol–water partition coefficient (Wildman–Crippen LogP) is 2.84. The van der Waals surface area contributed by atoms with E-state index in [0.29, 0.717) is 26.1 Å². The van der Waals surface area contributed by atoms with Gasteiger partial charge in [-0.1, -0.05) is 24.3 Å². The van der Waals surface area contributed by atoms with Crippen molar-refractivity contribution in [1.29, 1.82) is 0 Å². The van der Waals surface area contributed by atoms with Gasteiger partial charge in [0.2, 0.25) is 11.8 Å². The van der Waals surface area contributed by atoms with E-state index in [4.69, 9.17) is 0 Å². The maximum atomic E-state index is 12.9. The molecule has 0 saturated carbocycles. The van der Waals surface area contributed by atoms with Gasteiger partial charge in [0.05, 0.1) is 0 Å². The maximum Gasteiger partial charge on any atom is 0.232 e. The highest BCUT2D eigenvalue weighted by atomic mass is 19.1. The molecule has 0 unspecified atom stereocenters. The van der Waals surface area contributed by atoms with Crippen LogP contribution in [-0.4, -0.2) is 49.4 Å². The Balaban J connectivity index is 1.41. The molecule has 1 fully saturated rings. The Morgan fingerprint density at radius 2 is 1.69 bits per heavy atom. The van der Waals surface area contributed by atoms with E-state index in [1.165, 1.54) is 28.9 Å². The number of aryl methyl sites for hydroxylation is 1. The molecule has 6 heteroatoms. The molecule has 0 aromatic heterocycles. The lowest BCUT2D eigenvalue weighted by molar-refractivity contribution is -0.136. The molecule has 0 radical (unpaired) electrons. The highest BCUT2D eigenvalue weighted by Crippen LogP contribution is 2.23. The zero-order valence-electron chi connectivity index (χ0n) is 17.1. The Morgan fingerprint density at radius 1 is 1.00 bits per heavy atom. The number of nitrogens with one attached hydrogen (secondary N) is 1. The molecule has 1 N–H and O–H groups in total. The number of piperazine rings is 1. The minimum absolute atomic E-state index is 0.132. The number of hydrogen-bond acceptors (Lipinski definition) is 3. The van der Waals surface area contributed by atoms with Crippen LogP contribution in [0.15, 0.2) is 42.5 Å². The fraction of sp³-hybridized carbons (Fsp3) is 0.391. The van der Waals surface area contributed by atoms with Gasteiger partial charge in [-0.25, -0.2) is 4.39 Å². The Bertz CT molecular complexity index is 859. The summed E-state index contributed by atoms with van der Waals surface area (Å²) in [6.07, 6.45) is 0.474. The Morgan fingerprint density at radius 3 is 2.38 bits per heavy atom. The van der Waals surface area contributed by atoms with Crippen molar-refractivity contribution >= 4 is 17.5 Å². The molecule has 2 aromatic carbocycles. The predicted molar refractivity (Wildman–Crippen MR) is 112 cm³/mol.